The molecular weight excluding hydrogens is 154 g/mol. The second-order valence-corrected chi connectivity index (χ2v) is 2.41. The molecule has 3 heteroatoms. The van der Waals surface area contributed by atoms with Crippen molar-refractivity contribution in [2.24, 2.45) is 0 Å². The fourth-order valence-corrected chi connectivity index (χ4v) is 1.04. The van der Waals surface area contributed by atoms with E-state index in [2.05, 4.69) is 5.32 Å². The van der Waals surface area contributed by atoms with Crippen LogP contribution in [0.5, 0.6) is 5.75 Å². The minimum atomic E-state index is -0.448. The van der Waals surface area contributed by atoms with E-state index >= 15 is 0 Å². The van der Waals surface area contributed by atoms with E-state index < -0.39 is 6.09 Å². The number of benzene rings is 1. The molecule has 0 aromatic heterocycles. The molecule has 0 fully saturated rings. The van der Waals surface area contributed by atoms with E-state index in [1.165, 1.54) is 0 Å². The first kappa shape index (κ1) is 6.91. The van der Waals surface area contributed by atoms with Gasteiger partial charge in [0.15, 0.2) is 0 Å². The number of carbonyl (C=O) groups is 1. The van der Waals surface area contributed by atoms with Gasteiger partial charge < -0.3 is 4.74 Å². The maximum atomic E-state index is 10.9. The van der Waals surface area contributed by atoms with Gasteiger partial charge in [-0.05, 0) is 12.1 Å². The van der Waals surface area contributed by atoms with Crippen molar-refractivity contribution in [2.45, 2.75) is 0 Å². The van der Waals surface area contributed by atoms with Crippen LogP contribution >= 0.6 is 0 Å². The van der Waals surface area contributed by atoms with Gasteiger partial charge in [0.1, 0.15) is 5.75 Å². The Morgan fingerprint density at radius 1 is 1.25 bits per heavy atom. The van der Waals surface area contributed by atoms with Crippen molar-refractivity contribution in [3.05, 3.63) is 36.0 Å². The van der Waals surface area contributed by atoms with Crippen LogP contribution in [0.25, 0.3) is 6.08 Å². The summed E-state index contributed by atoms with van der Waals surface area (Å²) in [6, 6.07) is 7.35. The molecular formula is C9H7NO2. The molecule has 12 heavy (non-hydrogen) atoms. The van der Waals surface area contributed by atoms with E-state index in [1.807, 2.05) is 18.2 Å². The highest BCUT2D eigenvalue weighted by Crippen LogP contribution is 2.20. The largest absolute Gasteiger partial charge is 0.416 e. The predicted molar refractivity (Wildman–Crippen MR) is 44.6 cm³/mol. The average Bonchev–Trinajstić information content (AvgIpc) is 2.25. The van der Waals surface area contributed by atoms with Crippen molar-refractivity contribution in [1.29, 1.82) is 0 Å². The SMILES string of the molecule is O=C1NC=Cc2ccccc2O1. The van der Waals surface area contributed by atoms with E-state index in [0.717, 1.165) is 5.56 Å². The van der Waals surface area contributed by atoms with Crippen molar-refractivity contribution in [3.63, 3.8) is 0 Å². The number of hydrogen-bond donors (Lipinski definition) is 1. The maximum absolute atomic E-state index is 10.9. The molecule has 2 rings (SSSR count). The maximum Gasteiger partial charge on any atom is 0.416 e. The van der Waals surface area contributed by atoms with Crippen LogP contribution in [0.2, 0.25) is 0 Å². The van der Waals surface area contributed by atoms with Crippen molar-refractivity contribution in [1.82, 2.24) is 5.32 Å². The van der Waals surface area contributed by atoms with Gasteiger partial charge in [0, 0.05) is 11.8 Å². The van der Waals surface area contributed by atoms with Crippen LogP contribution < -0.4 is 10.1 Å². The lowest BCUT2D eigenvalue weighted by Gasteiger charge is -2.01. The van der Waals surface area contributed by atoms with Crippen molar-refractivity contribution in [2.75, 3.05) is 0 Å². The third-order valence-electron chi connectivity index (χ3n) is 1.59. The van der Waals surface area contributed by atoms with Crippen LogP contribution in [0.1, 0.15) is 5.56 Å². The standard InChI is InChI=1S/C9H7NO2/c11-9-10-6-5-7-3-1-2-4-8(7)12-9/h1-6H,(H,10,11). The third kappa shape index (κ3) is 1.16. The van der Waals surface area contributed by atoms with Gasteiger partial charge in [-0.3, -0.25) is 5.32 Å². The minimum absolute atomic E-state index is 0.448. The Kier molecular flexibility index (Phi) is 1.55. The first-order chi connectivity index (χ1) is 5.86. The van der Waals surface area contributed by atoms with Crippen molar-refractivity contribution < 1.29 is 9.53 Å². The molecule has 1 aliphatic rings. The van der Waals surface area contributed by atoms with E-state index in [-0.39, 0.29) is 0 Å². The van der Waals surface area contributed by atoms with Crippen LogP contribution in [0, 0.1) is 0 Å². The van der Waals surface area contributed by atoms with Crippen molar-refractivity contribution >= 4 is 12.2 Å². The van der Waals surface area contributed by atoms with Crippen LogP contribution in [-0.4, -0.2) is 6.09 Å². The molecule has 3 nitrogen and oxygen atoms in total. The molecule has 1 aromatic carbocycles. The number of para-hydroxylation sites is 1. The summed E-state index contributed by atoms with van der Waals surface area (Å²) in [4.78, 5) is 10.9. The number of ether oxygens (including phenoxy) is 1. The van der Waals surface area contributed by atoms with Gasteiger partial charge in [-0.15, -0.1) is 0 Å². The summed E-state index contributed by atoms with van der Waals surface area (Å²) in [6.45, 7) is 0. The van der Waals surface area contributed by atoms with E-state index in [4.69, 9.17) is 4.74 Å². The van der Waals surface area contributed by atoms with Gasteiger partial charge >= 0.3 is 6.09 Å². The molecule has 0 aliphatic carbocycles. The van der Waals surface area contributed by atoms with Gasteiger partial charge in [-0.2, -0.15) is 0 Å². The zero-order valence-electron chi connectivity index (χ0n) is 6.28. The molecule has 0 unspecified atom stereocenters. The molecule has 1 N–H and O–H groups in total. The minimum Gasteiger partial charge on any atom is -0.409 e. The number of rotatable bonds is 0. The lowest BCUT2D eigenvalue weighted by molar-refractivity contribution is 0.205. The monoisotopic (exact) mass is 161 g/mol. The summed E-state index contributed by atoms with van der Waals surface area (Å²) in [6.07, 6.45) is 2.91. The van der Waals surface area contributed by atoms with Crippen molar-refractivity contribution in [3.8, 4) is 5.75 Å². The second-order valence-electron chi connectivity index (χ2n) is 2.41. The number of fused-ring (bicyclic) bond motifs is 1. The highest BCUT2D eigenvalue weighted by molar-refractivity contribution is 5.76. The highest BCUT2D eigenvalue weighted by atomic mass is 16.6. The van der Waals surface area contributed by atoms with Crippen LogP contribution in [0.3, 0.4) is 0 Å². The molecule has 0 saturated heterocycles. The average molecular weight is 161 g/mol. The lowest BCUT2D eigenvalue weighted by Crippen LogP contribution is -2.19. The van der Waals surface area contributed by atoms with Gasteiger partial charge in [0.2, 0.25) is 0 Å². The molecule has 60 valence electrons. The Bertz CT molecular complexity index is 344. The Morgan fingerprint density at radius 2 is 2.08 bits per heavy atom. The number of carbonyl (C=O) groups excluding carboxylic acids is 1. The molecule has 0 spiro atoms. The van der Waals surface area contributed by atoms with Crippen LogP contribution in [0.15, 0.2) is 30.5 Å². The molecule has 0 saturated carbocycles. The van der Waals surface area contributed by atoms with E-state index in [1.54, 1.807) is 18.3 Å². The lowest BCUT2D eigenvalue weighted by atomic mass is 10.2. The highest BCUT2D eigenvalue weighted by Gasteiger charge is 2.08. The summed E-state index contributed by atoms with van der Waals surface area (Å²) < 4.78 is 4.94. The summed E-state index contributed by atoms with van der Waals surface area (Å²) in [5, 5.41) is 2.45. The van der Waals surface area contributed by atoms with Gasteiger partial charge in [0.05, 0.1) is 0 Å². The number of nitrogens with one attached hydrogen (secondary N) is 1. The molecule has 0 radical (unpaired) electrons. The number of hydrogen-bond acceptors (Lipinski definition) is 2. The summed E-state index contributed by atoms with van der Waals surface area (Å²) in [7, 11) is 0. The molecule has 1 heterocycles. The summed E-state index contributed by atoms with van der Waals surface area (Å²) in [5.74, 6) is 0.587. The van der Waals surface area contributed by atoms with E-state index in [0.29, 0.717) is 5.75 Å². The molecule has 0 bridgehead atoms. The number of amides is 1. The first-order valence-corrected chi connectivity index (χ1v) is 3.60. The fourth-order valence-electron chi connectivity index (χ4n) is 1.04. The molecule has 1 amide bonds. The topological polar surface area (TPSA) is 38.3 Å². The Labute approximate surface area is 69.7 Å². The molecule has 1 aliphatic heterocycles. The van der Waals surface area contributed by atoms with E-state index in [9.17, 15) is 4.79 Å². The summed E-state index contributed by atoms with van der Waals surface area (Å²) in [5.41, 5.74) is 0.899. The van der Waals surface area contributed by atoms with Gasteiger partial charge in [-0.1, -0.05) is 18.2 Å². The first-order valence-electron chi connectivity index (χ1n) is 3.60. The Hall–Kier alpha value is -1.77. The quantitative estimate of drug-likeness (QED) is 0.629. The fraction of sp³-hybridized carbons (Fsp3) is 0. The normalized spacial score (nSPS) is 14.2. The Balaban J connectivity index is 2.48. The zero-order chi connectivity index (χ0) is 8.39. The smallest absolute Gasteiger partial charge is 0.409 e. The van der Waals surface area contributed by atoms with Gasteiger partial charge in [0.25, 0.3) is 0 Å². The Morgan fingerprint density at radius 3 is 3.00 bits per heavy atom. The predicted octanol–water partition coefficient (Wildman–Crippen LogP) is 1.76. The second kappa shape index (κ2) is 2.70. The molecule has 0 atom stereocenters. The van der Waals surface area contributed by atoms with Crippen LogP contribution in [0.4, 0.5) is 4.79 Å². The summed E-state index contributed by atoms with van der Waals surface area (Å²) >= 11 is 0. The third-order valence-corrected chi connectivity index (χ3v) is 1.59. The molecule has 1 aromatic rings. The zero-order valence-corrected chi connectivity index (χ0v) is 6.28. The van der Waals surface area contributed by atoms with Gasteiger partial charge in [-0.25, -0.2) is 4.79 Å². The van der Waals surface area contributed by atoms with Crippen LogP contribution in [-0.2, 0) is 0 Å².